The Kier molecular flexibility index (Phi) is 5.91. The van der Waals surface area contributed by atoms with Crippen molar-refractivity contribution in [1.29, 1.82) is 0 Å². The lowest BCUT2D eigenvalue weighted by Crippen LogP contribution is -2.44. The van der Waals surface area contributed by atoms with Gasteiger partial charge in [-0.3, -0.25) is 14.4 Å². The lowest BCUT2D eigenvalue weighted by Gasteiger charge is -2.33. The number of imide groups is 1. The van der Waals surface area contributed by atoms with Crippen molar-refractivity contribution in [1.82, 2.24) is 0 Å². The van der Waals surface area contributed by atoms with Crippen LogP contribution in [0.25, 0.3) is 0 Å². The number of para-hydroxylation sites is 1. The fraction of sp³-hybridized carbons (Fsp3) is 0.440. The maximum atomic E-state index is 13.6. The van der Waals surface area contributed by atoms with E-state index in [9.17, 15) is 9.59 Å². The number of anilines is 2. The molecule has 2 aromatic rings. The molecule has 2 amide bonds. The van der Waals surface area contributed by atoms with Crippen LogP contribution in [0.15, 0.2) is 54.6 Å². The number of rotatable bonds is 7. The van der Waals surface area contributed by atoms with Crippen LogP contribution in [0.1, 0.15) is 45.1 Å². The van der Waals surface area contributed by atoms with Gasteiger partial charge in [-0.1, -0.05) is 63.4 Å². The monoisotopic (exact) mass is 406 g/mol. The van der Waals surface area contributed by atoms with Crippen molar-refractivity contribution in [2.24, 2.45) is 11.8 Å². The number of carbonyl (C=O) groups excluding carboxylic acids is 2. The molecule has 0 aromatic heterocycles. The quantitative estimate of drug-likeness (QED) is 0.614. The average molecular weight is 407 g/mol. The topological polar surface area (TPSA) is 49.9 Å². The Morgan fingerprint density at radius 2 is 1.70 bits per heavy atom. The third-order valence-electron chi connectivity index (χ3n) is 6.37. The normalized spacial score (nSPS) is 24.4. The second-order valence-corrected chi connectivity index (χ2v) is 8.37. The molecule has 2 aliphatic heterocycles. The van der Waals surface area contributed by atoms with E-state index in [2.05, 4.69) is 13.8 Å². The summed E-state index contributed by atoms with van der Waals surface area (Å²) in [6, 6.07) is 17.2. The molecular formula is C25H30N2O3. The number of benzene rings is 2. The van der Waals surface area contributed by atoms with Gasteiger partial charge in [0.05, 0.1) is 23.3 Å². The molecule has 0 unspecified atom stereocenters. The van der Waals surface area contributed by atoms with Crippen LogP contribution in [0, 0.1) is 18.8 Å². The van der Waals surface area contributed by atoms with Crippen molar-refractivity contribution in [3.05, 3.63) is 60.2 Å². The summed E-state index contributed by atoms with van der Waals surface area (Å²) in [4.78, 5) is 34.5. The summed E-state index contributed by atoms with van der Waals surface area (Å²) < 4.78 is 0. The van der Waals surface area contributed by atoms with Gasteiger partial charge in [-0.05, 0) is 49.1 Å². The molecule has 5 heteroatoms. The second-order valence-electron chi connectivity index (χ2n) is 8.37. The van der Waals surface area contributed by atoms with Gasteiger partial charge in [0.25, 0.3) is 5.91 Å². The molecule has 30 heavy (non-hydrogen) atoms. The summed E-state index contributed by atoms with van der Waals surface area (Å²) in [5.41, 5.74) is 2.55. The van der Waals surface area contributed by atoms with Gasteiger partial charge in [-0.2, -0.15) is 0 Å². The summed E-state index contributed by atoms with van der Waals surface area (Å²) in [6.45, 7) is 6.30. The molecule has 0 bridgehead atoms. The number of amides is 2. The highest BCUT2D eigenvalue weighted by molar-refractivity contribution is 6.23. The van der Waals surface area contributed by atoms with Gasteiger partial charge in [0, 0.05) is 0 Å². The van der Waals surface area contributed by atoms with E-state index in [-0.39, 0.29) is 23.8 Å². The largest absolute Gasteiger partial charge is 0.273 e. The minimum Gasteiger partial charge on any atom is -0.273 e. The fourth-order valence-electron chi connectivity index (χ4n) is 4.84. The van der Waals surface area contributed by atoms with Gasteiger partial charge in [0.15, 0.2) is 6.10 Å². The number of hydroxylamine groups is 1. The third-order valence-corrected chi connectivity index (χ3v) is 6.37. The smallest absolute Gasteiger partial charge is 0.266 e. The van der Waals surface area contributed by atoms with Crippen LogP contribution >= 0.6 is 0 Å². The van der Waals surface area contributed by atoms with Crippen LogP contribution in [-0.2, 0) is 14.4 Å². The zero-order chi connectivity index (χ0) is 21.3. The van der Waals surface area contributed by atoms with Crippen LogP contribution in [0.5, 0.6) is 0 Å². The van der Waals surface area contributed by atoms with Gasteiger partial charge in [0.2, 0.25) is 5.91 Å². The minimum atomic E-state index is -0.765. The number of aryl methyl sites for hydroxylation is 1. The molecule has 0 saturated carbocycles. The molecule has 2 heterocycles. The molecule has 4 rings (SSSR count). The highest BCUT2D eigenvalue weighted by atomic mass is 16.7. The van der Waals surface area contributed by atoms with Crippen LogP contribution < -0.4 is 9.96 Å². The zero-order valence-electron chi connectivity index (χ0n) is 18.0. The van der Waals surface area contributed by atoms with Crippen molar-refractivity contribution in [2.45, 2.75) is 58.6 Å². The Hall–Kier alpha value is -2.66. The van der Waals surface area contributed by atoms with E-state index in [4.69, 9.17) is 4.84 Å². The lowest BCUT2D eigenvalue weighted by atomic mass is 9.82. The van der Waals surface area contributed by atoms with Gasteiger partial charge >= 0.3 is 0 Å². The maximum Gasteiger partial charge on any atom is 0.266 e. The number of fused-ring (bicyclic) bond motifs is 1. The number of hydrogen-bond acceptors (Lipinski definition) is 4. The van der Waals surface area contributed by atoms with Crippen LogP contribution in [0.4, 0.5) is 11.4 Å². The Bertz CT molecular complexity index is 914. The Morgan fingerprint density at radius 1 is 0.967 bits per heavy atom. The second kappa shape index (κ2) is 8.60. The predicted molar refractivity (Wildman–Crippen MR) is 118 cm³/mol. The highest BCUT2D eigenvalue weighted by Gasteiger charge is 2.61. The van der Waals surface area contributed by atoms with Gasteiger partial charge in [-0.15, -0.1) is 0 Å². The Morgan fingerprint density at radius 3 is 2.37 bits per heavy atom. The van der Waals surface area contributed by atoms with E-state index < -0.39 is 12.0 Å². The van der Waals surface area contributed by atoms with E-state index in [1.165, 1.54) is 4.90 Å². The highest BCUT2D eigenvalue weighted by Crippen LogP contribution is 2.44. The Balaban J connectivity index is 1.72. The molecule has 0 aliphatic carbocycles. The molecule has 2 fully saturated rings. The minimum absolute atomic E-state index is 0.144. The molecule has 2 saturated heterocycles. The van der Waals surface area contributed by atoms with Gasteiger partial charge < -0.3 is 0 Å². The average Bonchev–Trinajstić information content (AvgIpc) is 3.26. The standard InChI is InChI=1S/C25H30N2O3/c1-4-6-12-18(5-2)22-21-23(30-27(22)19-13-8-7-9-14-19)25(29)26(24(21)28)20-15-10-11-17(3)16-20/h7-11,13-16,18,21-23H,4-6,12H2,1-3H3/t18-,21-,22+,23+/m0/s1. The first-order valence-corrected chi connectivity index (χ1v) is 11.0. The molecule has 0 N–H and O–H groups in total. The number of unbranched alkanes of at least 4 members (excludes halogenated alkanes) is 1. The molecular weight excluding hydrogens is 376 g/mol. The van der Waals surface area contributed by atoms with Gasteiger partial charge in [-0.25, -0.2) is 9.96 Å². The molecule has 2 aliphatic rings. The van der Waals surface area contributed by atoms with Crippen molar-refractivity contribution in [2.75, 3.05) is 9.96 Å². The summed E-state index contributed by atoms with van der Waals surface area (Å²) in [6.07, 6.45) is 3.38. The Labute approximate surface area is 178 Å². The number of nitrogens with zero attached hydrogens (tertiary/aromatic N) is 2. The van der Waals surface area contributed by atoms with E-state index >= 15 is 0 Å². The zero-order valence-corrected chi connectivity index (χ0v) is 18.0. The first kappa shape index (κ1) is 20.6. The van der Waals surface area contributed by atoms with E-state index in [1.54, 1.807) is 0 Å². The summed E-state index contributed by atoms with van der Waals surface area (Å²) in [5.74, 6) is -0.618. The summed E-state index contributed by atoms with van der Waals surface area (Å²) in [5, 5.41) is 1.85. The predicted octanol–water partition coefficient (Wildman–Crippen LogP) is 4.89. The first-order chi connectivity index (χ1) is 14.6. The molecule has 0 radical (unpaired) electrons. The van der Waals surface area contributed by atoms with Crippen molar-refractivity contribution in [3.63, 3.8) is 0 Å². The molecule has 158 valence electrons. The van der Waals surface area contributed by atoms with Crippen molar-refractivity contribution >= 4 is 23.2 Å². The SMILES string of the molecule is CCCC[C@H](CC)[C@@H]1[C@@H]2C(=O)N(c3cccc(C)c3)C(=O)[C@@H]2ON1c1ccccc1. The van der Waals surface area contributed by atoms with E-state index in [1.807, 2.05) is 66.6 Å². The van der Waals surface area contributed by atoms with E-state index in [0.29, 0.717) is 5.69 Å². The van der Waals surface area contributed by atoms with Crippen LogP contribution in [-0.4, -0.2) is 24.0 Å². The summed E-state index contributed by atoms with van der Waals surface area (Å²) >= 11 is 0. The number of hydrogen-bond donors (Lipinski definition) is 0. The fourth-order valence-corrected chi connectivity index (χ4v) is 4.84. The van der Waals surface area contributed by atoms with Crippen LogP contribution in [0.3, 0.4) is 0 Å². The molecule has 2 aromatic carbocycles. The lowest BCUT2D eigenvalue weighted by molar-refractivity contribution is -0.126. The maximum absolute atomic E-state index is 13.6. The van der Waals surface area contributed by atoms with Crippen molar-refractivity contribution < 1.29 is 14.4 Å². The molecule has 4 atom stereocenters. The number of carbonyl (C=O) groups is 2. The van der Waals surface area contributed by atoms with Gasteiger partial charge in [0.1, 0.15) is 0 Å². The van der Waals surface area contributed by atoms with E-state index in [0.717, 1.165) is 36.9 Å². The third kappa shape index (κ3) is 3.52. The first-order valence-electron chi connectivity index (χ1n) is 11.0. The van der Waals surface area contributed by atoms with Crippen molar-refractivity contribution in [3.8, 4) is 0 Å². The summed E-state index contributed by atoms with van der Waals surface area (Å²) in [7, 11) is 0. The molecule has 0 spiro atoms. The van der Waals surface area contributed by atoms with Crippen LogP contribution in [0.2, 0.25) is 0 Å². The molecule has 5 nitrogen and oxygen atoms in total.